The van der Waals surface area contributed by atoms with E-state index in [1.54, 1.807) is 0 Å². The molecule has 3 aromatic rings. The van der Waals surface area contributed by atoms with E-state index in [0.29, 0.717) is 17.5 Å². The Morgan fingerprint density at radius 1 is 1.06 bits per heavy atom. The number of nitrogens with one attached hydrogen (secondary N) is 1. The number of halogens is 1. The molecule has 3 aliphatic heterocycles. The van der Waals surface area contributed by atoms with E-state index >= 15 is 0 Å². The van der Waals surface area contributed by atoms with Crippen molar-refractivity contribution in [2.45, 2.75) is 37.3 Å². The minimum absolute atomic E-state index is 0.261. The van der Waals surface area contributed by atoms with E-state index in [9.17, 15) is 5.11 Å². The van der Waals surface area contributed by atoms with Crippen LogP contribution in [0.2, 0.25) is 5.02 Å². The van der Waals surface area contributed by atoms with Crippen molar-refractivity contribution in [1.29, 1.82) is 0 Å². The van der Waals surface area contributed by atoms with Gasteiger partial charge in [0.2, 0.25) is 0 Å². The summed E-state index contributed by atoms with van der Waals surface area (Å²) < 4.78 is 17.3. The number of pyridine rings is 1. The summed E-state index contributed by atoms with van der Waals surface area (Å²) in [4.78, 5) is 10.4. The lowest BCUT2D eigenvalue weighted by Crippen LogP contribution is -2.34. The molecule has 6 rings (SSSR count). The number of hydrogen-bond donors (Lipinski definition) is 2. The van der Waals surface area contributed by atoms with Crippen molar-refractivity contribution in [3.63, 3.8) is 0 Å². The van der Waals surface area contributed by atoms with Gasteiger partial charge in [-0.15, -0.1) is 0 Å². The highest BCUT2D eigenvalue weighted by Gasteiger charge is 2.48. The monoisotopic (exact) mass is 441 g/mol. The molecule has 0 radical (unpaired) electrons. The Labute approximate surface area is 184 Å². The van der Waals surface area contributed by atoms with Crippen LogP contribution in [-0.2, 0) is 9.47 Å². The number of anilines is 1. The molecule has 0 bridgehead atoms. The minimum Gasteiger partial charge on any atom is -0.470 e. The van der Waals surface area contributed by atoms with Gasteiger partial charge in [-0.05, 0) is 31.0 Å². The molecule has 1 aromatic carbocycles. The molecule has 3 saturated heterocycles. The van der Waals surface area contributed by atoms with Crippen LogP contribution < -0.4 is 9.64 Å². The second kappa shape index (κ2) is 7.67. The van der Waals surface area contributed by atoms with E-state index in [-0.39, 0.29) is 24.9 Å². The number of fused-ring (bicyclic) bond motifs is 2. The van der Waals surface area contributed by atoms with Crippen LogP contribution in [0.3, 0.4) is 0 Å². The molecule has 5 heterocycles. The third-order valence-electron chi connectivity index (χ3n) is 6.40. The largest absolute Gasteiger partial charge is 0.470 e. The van der Waals surface area contributed by atoms with Gasteiger partial charge in [0, 0.05) is 30.4 Å². The molecule has 2 aromatic heterocycles. The topological polar surface area (TPSA) is 79.8 Å². The molecule has 0 aliphatic carbocycles. The van der Waals surface area contributed by atoms with Crippen molar-refractivity contribution in [2.24, 2.45) is 0 Å². The van der Waals surface area contributed by atoms with Gasteiger partial charge in [0.25, 0.3) is 0 Å². The van der Waals surface area contributed by atoms with Gasteiger partial charge in [-0.1, -0.05) is 23.7 Å². The number of aromatic nitrogens is 2. The maximum absolute atomic E-state index is 9.90. The van der Waals surface area contributed by atoms with Crippen LogP contribution in [0.4, 0.5) is 5.69 Å². The highest BCUT2D eigenvalue weighted by atomic mass is 35.5. The van der Waals surface area contributed by atoms with E-state index < -0.39 is 6.10 Å². The fourth-order valence-electron chi connectivity index (χ4n) is 4.79. The van der Waals surface area contributed by atoms with Crippen LogP contribution in [0.5, 0.6) is 5.88 Å². The van der Waals surface area contributed by atoms with Gasteiger partial charge in [0.1, 0.15) is 18.3 Å². The Kier molecular flexibility index (Phi) is 4.79. The molecule has 8 heteroatoms. The third kappa shape index (κ3) is 3.46. The molecular weight excluding hydrogens is 418 g/mol. The van der Waals surface area contributed by atoms with Crippen molar-refractivity contribution in [1.82, 2.24) is 9.97 Å². The van der Waals surface area contributed by atoms with Crippen molar-refractivity contribution < 1.29 is 19.3 Å². The van der Waals surface area contributed by atoms with Crippen LogP contribution in [0, 0.1) is 0 Å². The summed E-state index contributed by atoms with van der Waals surface area (Å²) in [5.41, 5.74) is 4.56. The van der Waals surface area contributed by atoms with E-state index in [0.717, 1.165) is 35.4 Å². The molecule has 0 amide bonds. The second-order valence-electron chi connectivity index (χ2n) is 8.45. The van der Waals surface area contributed by atoms with Gasteiger partial charge in [-0.3, -0.25) is 0 Å². The van der Waals surface area contributed by atoms with Gasteiger partial charge in [-0.2, -0.15) is 0 Å². The summed E-state index contributed by atoms with van der Waals surface area (Å²) in [5, 5.41) is 10.5. The van der Waals surface area contributed by atoms with Gasteiger partial charge >= 0.3 is 0 Å². The Morgan fingerprint density at radius 3 is 2.65 bits per heavy atom. The fraction of sp³-hybridized carbons (Fsp3) is 0.435. The van der Waals surface area contributed by atoms with Gasteiger partial charge in [0.15, 0.2) is 12.0 Å². The Balaban J connectivity index is 1.24. The fourth-order valence-corrected chi connectivity index (χ4v) is 5.05. The average molecular weight is 442 g/mol. The summed E-state index contributed by atoms with van der Waals surface area (Å²) in [7, 11) is 0. The first-order valence-corrected chi connectivity index (χ1v) is 11.2. The third-order valence-corrected chi connectivity index (χ3v) is 6.69. The quantitative estimate of drug-likeness (QED) is 0.646. The minimum atomic E-state index is -0.596. The van der Waals surface area contributed by atoms with Crippen LogP contribution in [0.15, 0.2) is 36.4 Å². The SMILES string of the molecule is O[C@@H]1COC2C1OC[C@H]2Oc1cc2nc(-c3ccc(N4CCCC4)cc3)c(Cl)cc2[nH]1. The summed E-state index contributed by atoms with van der Waals surface area (Å²) in [5.74, 6) is 0.583. The highest BCUT2D eigenvalue weighted by Crippen LogP contribution is 2.34. The molecule has 2 unspecified atom stereocenters. The Bertz CT molecular complexity index is 1100. The maximum Gasteiger partial charge on any atom is 0.193 e. The van der Waals surface area contributed by atoms with Crippen LogP contribution in [-0.4, -0.2) is 65.8 Å². The first kappa shape index (κ1) is 19.4. The van der Waals surface area contributed by atoms with Crippen LogP contribution >= 0.6 is 11.6 Å². The molecule has 3 aliphatic rings. The lowest BCUT2D eigenvalue weighted by Gasteiger charge is -2.17. The molecule has 162 valence electrons. The molecule has 31 heavy (non-hydrogen) atoms. The molecule has 3 fully saturated rings. The number of H-pyrrole nitrogens is 1. The first-order valence-electron chi connectivity index (χ1n) is 10.8. The molecule has 2 N–H and O–H groups in total. The predicted octanol–water partition coefficient (Wildman–Crippen LogP) is 3.39. The molecule has 0 spiro atoms. The Hall–Kier alpha value is -2.32. The number of aliphatic hydroxyl groups is 1. The number of ether oxygens (including phenoxy) is 3. The van der Waals surface area contributed by atoms with Crippen LogP contribution in [0.1, 0.15) is 12.8 Å². The molecule has 0 saturated carbocycles. The lowest BCUT2D eigenvalue weighted by atomic mass is 10.1. The molecule has 7 nitrogen and oxygen atoms in total. The number of nitrogens with zero attached hydrogens (tertiary/aromatic N) is 2. The smallest absolute Gasteiger partial charge is 0.193 e. The predicted molar refractivity (Wildman–Crippen MR) is 118 cm³/mol. The summed E-state index contributed by atoms with van der Waals surface area (Å²) in [6.45, 7) is 2.89. The van der Waals surface area contributed by atoms with Gasteiger partial charge in [-0.25, -0.2) is 4.98 Å². The second-order valence-corrected chi connectivity index (χ2v) is 8.85. The number of hydrogen-bond acceptors (Lipinski definition) is 6. The average Bonchev–Trinajstić information content (AvgIpc) is 3.55. The number of aliphatic hydroxyl groups excluding tert-OH is 1. The highest BCUT2D eigenvalue weighted by molar-refractivity contribution is 6.33. The summed E-state index contributed by atoms with van der Waals surface area (Å²) in [6, 6.07) is 12.2. The zero-order chi connectivity index (χ0) is 20.9. The standard InChI is InChI=1S/C23H24ClN3O4/c24-15-9-16-17(10-20(25-16)31-19-12-30-22-18(28)11-29-23(19)22)26-21(15)13-3-5-14(6-4-13)27-7-1-2-8-27/h3-6,9-10,18-19,22-23,25,28H,1-2,7-8,11-12H2/t18-,19-,22?,23?/m1/s1. The van der Waals surface area contributed by atoms with Crippen molar-refractivity contribution >= 4 is 28.3 Å². The van der Waals surface area contributed by atoms with Crippen molar-refractivity contribution in [3.05, 3.63) is 41.4 Å². The molecular formula is C23H24ClN3O4. The molecule has 4 atom stereocenters. The number of rotatable bonds is 4. The van der Waals surface area contributed by atoms with E-state index in [1.165, 1.54) is 18.5 Å². The normalized spacial score (nSPS) is 27.9. The van der Waals surface area contributed by atoms with Gasteiger partial charge < -0.3 is 29.2 Å². The van der Waals surface area contributed by atoms with Gasteiger partial charge in [0.05, 0.1) is 35.0 Å². The zero-order valence-electron chi connectivity index (χ0n) is 17.0. The van der Waals surface area contributed by atoms with E-state index in [2.05, 4.69) is 34.1 Å². The summed E-state index contributed by atoms with van der Waals surface area (Å²) >= 11 is 6.57. The first-order chi connectivity index (χ1) is 15.2. The summed E-state index contributed by atoms with van der Waals surface area (Å²) in [6.07, 6.45) is 1.06. The number of aromatic amines is 1. The van der Waals surface area contributed by atoms with Crippen LogP contribution in [0.25, 0.3) is 22.3 Å². The van der Waals surface area contributed by atoms with E-state index in [4.69, 9.17) is 30.8 Å². The number of benzene rings is 1. The Morgan fingerprint density at radius 2 is 1.84 bits per heavy atom. The van der Waals surface area contributed by atoms with E-state index in [1.807, 2.05) is 12.1 Å². The zero-order valence-corrected chi connectivity index (χ0v) is 17.7. The van der Waals surface area contributed by atoms with Crippen molar-refractivity contribution in [2.75, 3.05) is 31.2 Å². The lowest BCUT2D eigenvalue weighted by molar-refractivity contribution is 0.00794. The maximum atomic E-state index is 9.90. The van der Waals surface area contributed by atoms with Crippen molar-refractivity contribution in [3.8, 4) is 17.1 Å².